The summed E-state index contributed by atoms with van der Waals surface area (Å²) in [6.45, 7) is -7.63. The average Bonchev–Trinajstić information content (AvgIpc) is 2.83. The van der Waals surface area contributed by atoms with Crippen molar-refractivity contribution in [2.45, 2.75) is 56.5 Å². The Hall–Kier alpha value is -2.27. The summed E-state index contributed by atoms with van der Waals surface area (Å²) in [5.41, 5.74) is 0. The fraction of sp³-hybridized carbons (Fsp3) is 0.500. The molecule has 1 heterocycles. The number of carboxylic acid groups (broad SMARTS) is 1. The van der Waals surface area contributed by atoms with Crippen molar-refractivity contribution in [3.63, 3.8) is 0 Å². The van der Waals surface area contributed by atoms with Crippen LogP contribution in [-0.4, -0.2) is 82.4 Å². The first-order chi connectivity index (χ1) is 17.6. The summed E-state index contributed by atoms with van der Waals surface area (Å²) >= 11 is 0. The van der Waals surface area contributed by atoms with Crippen molar-refractivity contribution in [3.05, 3.63) is 42.5 Å². The van der Waals surface area contributed by atoms with E-state index in [4.69, 9.17) is 23.8 Å². The highest BCUT2D eigenvalue weighted by Gasteiger charge is 2.48. The van der Waals surface area contributed by atoms with E-state index in [2.05, 4.69) is 5.32 Å². The Kier molecular flexibility index (Phi) is 5.19. The number of carboxylic acids is 1. The summed E-state index contributed by atoms with van der Waals surface area (Å²) < 4.78 is 70.2. The van der Waals surface area contributed by atoms with E-state index >= 15 is 0 Å². The maximum absolute atomic E-state index is 11.4. The second-order valence-electron chi connectivity index (χ2n) is 7.04. The molecule has 0 saturated carbocycles. The fourth-order valence-electron chi connectivity index (χ4n) is 3.22. The minimum Gasteiger partial charge on any atom is -0.490 e. The zero-order valence-corrected chi connectivity index (χ0v) is 16.3. The Morgan fingerprint density at radius 3 is 2.65 bits per heavy atom. The fourth-order valence-corrected chi connectivity index (χ4v) is 3.22. The maximum atomic E-state index is 11.4. The van der Waals surface area contributed by atoms with E-state index in [1.165, 1.54) is 0 Å². The smallest absolute Gasteiger partial charge is 0.335 e. The van der Waals surface area contributed by atoms with Crippen LogP contribution in [0.25, 0.3) is 10.8 Å². The summed E-state index contributed by atoms with van der Waals surface area (Å²) in [6, 6.07) is 9.28. The highest BCUT2D eigenvalue weighted by molar-refractivity contribution is 5.88. The first-order valence-electron chi connectivity index (χ1n) is 13.0. The third-order valence-corrected chi connectivity index (χ3v) is 4.82. The molecule has 0 aromatic heterocycles. The minimum absolute atomic E-state index is 0.379. The molecule has 5 N–H and O–H groups in total. The third kappa shape index (κ3) is 5.70. The van der Waals surface area contributed by atoms with Crippen molar-refractivity contribution in [1.29, 1.82) is 0 Å². The SMILES string of the molecule is [2H]C([2H])([2H])C([2H])(NCC(COc1cccc2ccccc12)O[C@@H]1O[C@H](C(=O)O)[C@@H](O)[C@H](O)[C@H]1O)C([2H])([2H])[2H]. The molecule has 6 atom stereocenters. The molecule has 3 rings (SSSR count). The highest BCUT2D eigenvalue weighted by Crippen LogP contribution is 2.26. The van der Waals surface area contributed by atoms with Crippen LogP contribution >= 0.6 is 0 Å². The summed E-state index contributed by atoms with van der Waals surface area (Å²) in [5.74, 6) is -1.27. The van der Waals surface area contributed by atoms with E-state index in [0.29, 0.717) is 11.1 Å². The molecule has 1 saturated heterocycles. The summed E-state index contributed by atoms with van der Waals surface area (Å²) in [6.07, 6.45) is -11.0. The molecule has 170 valence electrons. The second kappa shape index (κ2) is 10.4. The number of ether oxygens (including phenoxy) is 3. The lowest BCUT2D eigenvalue weighted by atomic mass is 9.99. The molecule has 0 amide bonds. The van der Waals surface area contributed by atoms with E-state index in [-0.39, 0.29) is 0 Å². The van der Waals surface area contributed by atoms with Crippen LogP contribution in [-0.2, 0) is 14.3 Å². The van der Waals surface area contributed by atoms with Gasteiger partial charge in [-0.25, -0.2) is 4.79 Å². The van der Waals surface area contributed by atoms with E-state index < -0.39 is 75.7 Å². The highest BCUT2D eigenvalue weighted by atomic mass is 16.7. The Bertz CT molecular complexity index is 1100. The van der Waals surface area contributed by atoms with Crippen LogP contribution in [0.4, 0.5) is 0 Å². The van der Waals surface area contributed by atoms with Gasteiger partial charge in [-0.3, -0.25) is 0 Å². The molecule has 0 aliphatic carbocycles. The van der Waals surface area contributed by atoms with Gasteiger partial charge in [-0.05, 0) is 11.5 Å². The van der Waals surface area contributed by atoms with Gasteiger partial charge < -0.3 is 40.0 Å². The van der Waals surface area contributed by atoms with E-state index in [0.717, 1.165) is 5.39 Å². The van der Waals surface area contributed by atoms with Gasteiger partial charge in [0.2, 0.25) is 0 Å². The number of aliphatic hydroxyl groups is 3. The Morgan fingerprint density at radius 1 is 1.16 bits per heavy atom. The van der Waals surface area contributed by atoms with Gasteiger partial charge in [0, 0.05) is 27.5 Å². The van der Waals surface area contributed by atoms with Crippen molar-refractivity contribution in [1.82, 2.24) is 5.32 Å². The minimum atomic E-state index is -3.30. The number of hydrogen-bond acceptors (Lipinski definition) is 8. The molecule has 1 unspecified atom stereocenters. The van der Waals surface area contributed by atoms with E-state index in [1.807, 2.05) is 18.2 Å². The van der Waals surface area contributed by atoms with Gasteiger partial charge in [0.15, 0.2) is 12.4 Å². The molecule has 0 spiro atoms. The van der Waals surface area contributed by atoms with Gasteiger partial charge in [-0.15, -0.1) is 0 Å². The molecule has 2 aromatic rings. The van der Waals surface area contributed by atoms with Gasteiger partial charge in [0.1, 0.15) is 36.8 Å². The van der Waals surface area contributed by atoms with Crippen LogP contribution in [0.15, 0.2) is 42.5 Å². The molecule has 1 aliphatic rings. The van der Waals surface area contributed by atoms with Gasteiger partial charge in [-0.2, -0.15) is 0 Å². The number of hydrogen-bond donors (Lipinski definition) is 5. The molecule has 31 heavy (non-hydrogen) atoms. The molecule has 0 radical (unpaired) electrons. The van der Waals surface area contributed by atoms with E-state index in [1.54, 1.807) is 24.3 Å². The quantitative estimate of drug-likeness (QED) is 0.376. The number of aliphatic carboxylic acids is 1. The zero-order valence-electron chi connectivity index (χ0n) is 23.3. The summed E-state index contributed by atoms with van der Waals surface area (Å²) in [5, 5.41) is 43.4. The normalized spacial score (nSPS) is 31.8. The van der Waals surface area contributed by atoms with Crippen molar-refractivity contribution < 1.29 is 49.0 Å². The first kappa shape index (κ1) is 15.5. The van der Waals surface area contributed by atoms with Gasteiger partial charge in [0.25, 0.3) is 0 Å². The summed E-state index contributed by atoms with van der Waals surface area (Å²) in [4.78, 5) is 11.4. The van der Waals surface area contributed by atoms with Crippen molar-refractivity contribution in [2.24, 2.45) is 0 Å². The second-order valence-corrected chi connectivity index (χ2v) is 7.04. The molecule has 9 nitrogen and oxygen atoms in total. The monoisotopic (exact) mass is 442 g/mol. The molecule has 9 heteroatoms. The molecular weight excluding hydrogens is 406 g/mol. The number of rotatable bonds is 9. The molecule has 1 fully saturated rings. The maximum Gasteiger partial charge on any atom is 0.335 e. The number of nitrogens with one attached hydrogen (secondary N) is 1. The van der Waals surface area contributed by atoms with Crippen molar-refractivity contribution >= 4 is 16.7 Å². The Labute approximate surface area is 190 Å². The lowest BCUT2D eigenvalue weighted by molar-refractivity contribution is -0.305. The van der Waals surface area contributed by atoms with Crippen LogP contribution in [0.2, 0.25) is 0 Å². The van der Waals surface area contributed by atoms with Gasteiger partial charge in [-0.1, -0.05) is 50.1 Å². The first-order valence-corrected chi connectivity index (χ1v) is 9.50. The molecular formula is C22H29NO8. The Morgan fingerprint density at radius 2 is 1.90 bits per heavy atom. The number of benzene rings is 2. The van der Waals surface area contributed by atoms with Crippen LogP contribution in [0.3, 0.4) is 0 Å². The Balaban J connectivity index is 1.87. The van der Waals surface area contributed by atoms with Crippen LogP contribution in [0.1, 0.15) is 23.3 Å². The van der Waals surface area contributed by atoms with Crippen molar-refractivity contribution in [2.75, 3.05) is 13.2 Å². The number of aliphatic hydroxyl groups excluding tert-OH is 3. The molecule has 1 aliphatic heterocycles. The third-order valence-electron chi connectivity index (χ3n) is 4.82. The van der Waals surface area contributed by atoms with Gasteiger partial charge in [0.05, 0.1) is 0 Å². The number of carbonyl (C=O) groups is 1. The topological polar surface area (TPSA) is 138 Å². The molecule has 2 aromatic carbocycles. The average molecular weight is 443 g/mol. The van der Waals surface area contributed by atoms with Crippen LogP contribution < -0.4 is 10.1 Å². The number of fused-ring (bicyclic) bond motifs is 1. The lowest BCUT2D eigenvalue weighted by Gasteiger charge is -2.39. The largest absolute Gasteiger partial charge is 0.490 e. The van der Waals surface area contributed by atoms with Crippen LogP contribution in [0.5, 0.6) is 5.75 Å². The summed E-state index contributed by atoms with van der Waals surface area (Å²) in [7, 11) is 0. The zero-order chi connectivity index (χ0) is 28.5. The van der Waals surface area contributed by atoms with Crippen LogP contribution in [0, 0.1) is 0 Å². The van der Waals surface area contributed by atoms with Gasteiger partial charge >= 0.3 is 5.97 Å². The standard InChI is InChI=1S/C22H29NO8/c1-12(2)23-10-14(11-29-16-9-5-7-13-6-3-4-8-15(13)16)30-22-19(26)17(24)18(25)20(31-22)21(27)28/h3-9,12,14,17-20,22-26H,10-11H2,1-2H3,(H,27,28)/t14?,17-,18-,19+,20-,22+/m0/s1/i1D3,2D3,12D. The van der Waals surface area contributed by atoms with E-state index in [9.17, 15) is 25.2 Å². The molecule has 0 bridgehead atoms. The predicted octanol–water partition coefficient (Wildman–Crippen LogP) is 0.494. The van der Waals surface area contributed by atoms with Crippen molar-refractivity contribution in [3.8, 4) is 5.75 Å². The predicted molar refractivity (Wildman–Crippen MR) is 112 cm³/mol. The lowest BCUT2D eigenvalue weighted by Crippen LogP contribution is -2.61.